The number of ether oxygens (including phenoxy) is 1. The van der Waals surface area contributed by atoms with Gasteiger partial charge in [-0.1, -0.05) is 24.8 Å². The van der Waals surface area contributed by atoms with E-state index in [1.54, 1.807) is 12.5 Å². The van der Waals surface area contributed by atoms with Crippen LogP contribution in [0, 0.1) is 0 Å². The van der Waals surface area contributed by atoms with Crippen LogP contribution in [0.1, 0.15) is 39.7 Å². The lowest BCUT2D eigenvalue weighted by molar-refractivity contribution is -0.181. The van der Waals surface area contributed by atoms with Crippen LogP contribution in [0.3, 0.4) is 0 Å². The predicted octanol–water partition coefficient (Wildman–Crippen LogP) is 4.23. The molecule has 2 heterocycles. The van der Waals surface area contributed by atoms with Crippen LogP contribution in [-0.2, 0) is 11.2 Å². The second-order valence-corrected chi connectivity index (χ2v) is 8.47. The molecule has 8 nitrogen and oxygen atoms in total. The fourth-order valence-electron chi connectivity index (χ4n) is 3.13. The number of nitrogens with zero attached hydrogens (tertiary/aromatic N) is 4. The molecule has 0 spiro atoms. The second-order valence-electron chi connectivity index (χ2n) is 8.47. The van der Waals surface area contributed by atoms with E-state index in [0.29, 0.717) is 23.7 Å². The number of nitrogens with one attached hydrogen (secondary N) is 2. The van der Waals surface area contributed by atoms with E-state index in [0.717, 1.165) is 24.2 Å². The first kappa shape index (κ1) is 23.6. The number of aliphatic hydroxyl groups is 1. The molecule has 0 saturated carbocycles. The highest BCUT2D eigenvalue weighted by atomic mass is 16.6. The van der Waals surface area contributed by atoms with Crippen molar-refractivity contribution in [2.24, 2.45) is 0 Å². The van der Waals surface area contributed by atoms with E-state index >= 15 is 0 Å². The molecule has 0 bridgehead atoms. The lowest BCUT2D eigenvalue weighted by Crippen LogP contribution is -2.38. The Balaban J connectivity index is 1.55. The monoisotopic (exact) mass is 436 g/mol. The number of aliphatic hydroxyl groups excluding tert-OH is 1. The van der Waals surface area contributed by atoms with Crippen LogP contribution in [0.4, 0.5) is 11.6 Å². The van der Waals surface area contributed by atoms with Gasteiger partial charge in [-0.15, -0.1) is 0 Å². The summed E-state index contributed by atoms with van der Waals surface area (Å²) >= 11 is 0. The van der Waals surface area contributed by atoms with Gasteiger partial charge >= 0.3 is 0 Å². The molecule has 3 rings (SSSR count). The molecule has 0 amide bonds. The average molecular weight is 437 g/mol. The van der Waals surface area contributed by atoms with Gasteiger partial charge in [-0.3, -0.25) is 9.88 Å². The number of fused-ring (bicyclic) bond motifs is 1. The summed E-state index contributed by atoms with van der Waals surface area (Å²) in [5, 5.41) is 16.0. The maximum absolute atomic E-state index is 9.82. The van der Waals surface area contributed by atoms with Crippen molar-refractivity contribution in [3.05, 3.63) is 61.1 Å². The third kappa shape index (κ3) is 6.71. The molecule has 0 aliphatic heterocycles. The first-order valence-electron chi connectivity index (χ1n) is 10.7. The standard InChI is InChI=1S/C24H32N6O2/c1-6-8-17(2)30-16-27-20-15-26-22(29-21(20)30)28-19-12-10-18(11-13-19)9-7-14-25-23(31)32-24(3,4)5/h6,8,10-13,15-16,23,25,31H,2,7,9,14H2,1,3-5H3,(H,26,28,29). The quantitative estimate of drug-likeness (QED) is 0.249. The summed E-state index contributed by atoms with van der Waals surface area (Å²) in [7, 11) is 0. The molecule has 2 aromatic heterocycles. The average Bonchev–Trinajstić information content (AvgIpc) is 3.15. The summed E-state index contributed by atoms with van der Waals surface area (Å²) in [5.74, 6) is 0.498. The zero-order chi connectivity index (χ0) is 23.1. The van der Waals surface area contributed by atoms with Crippen molar-refractivity contribution in [2.45, 2.75) is 52.6 Å². The molecule has 0 radical (unpaired) electrons. The van der Waals surface area contributed by atoms with Crippen molar-refractivity contribution in [3.8, 4) is 0 Å². The van der Waals surface area contributed by atoms with Crippen molar-refractivity contribution in [1.82, 2.24) is 24.8 Å². The highest BCUT2D eigenvalue weighted by Crippen LogP contribution is 2.19. The minimum Gasteiger partial charge on any atom is -0.356 e. The molecule has 1 atom stereocenters. The normalized spacial score (nSPS) is 13.0. The van der Waals surface area contributed by atoms with Crippen molar-refractivity contribution >= 4 is 28.5 Å². The van der Waals surface area contributed by atoms with Crippen LogP contribution in [0.25, 0.3) is 16.9 Å². The van der Waals surface area contributed by atoms with Gasteiger partial charge in [-0.2, -0.15) is 4.98 Å². The molecule has 3 N–H and O–H groups in total. The maximum Gasteiger partial charge on any atom is 0.229 e. The van der Waals surface area contributed by atoms with E-state index in [-0.39, 0.29) is 5.60 Å². The third-order valence-corrected chi connectivity index (χ3v) is 4.60. The van der Waals surface area contributed by atoms with Gasteiger partial charge in [0.2, 0.25) is 12.4 Å². The summed E-state index contributed by atoms with van der Waals surface area (Å²) in [6.07, 6.45) is 8.05. The Hall–Kier alpha value is -3.07. The van der Waals surface area contributed by atoms with Gasteiger partial charge in [-0.05, 0) is 64.3 Å². The summed E-state index contributed by atoms with van der Waals surface area (Å²) in [6.45, 7) is 12.4. The largest absolute Gasteiger partial charge is 0.356 e. The van der Waals surface area contributed by atoms with Gasteiger partial charge in [0.25, 0.3) is 0 Å². The number of hydrogen-bond donors (Lipinski definition) is 3. The number of hydrogen-bond acceptors (Lipinski definition) is 7. The van der Waals surface area contributed by atoms with Crippen molar-refractivity contribution in [2.75, 3.05) is 11.9 Å². The first-order valence-corrected chi connectivity index (χ1v) is 10.7. The lowest BCUT2D eigenvalue weighted by Gasteiger charge is -2.24. The molecule has 32 heavy (non-hydrogen) atoms. The minimum absolute atomic E-state index is 0.385. The molecule has 8 heteroatoms. The number of benzene rings is 1. The summed E-state index contributed by atoms with van der Waals surface area (Å²) < 4.78 is 7.26. The molecule has 0 saturated heterocycles. The Bertz CT molecular complexity index is 1070. The van der Waals surface area contributed by atoms with Gasteiger partial charge in [-0.25, -0.2) is 9.97 Å². The highest BCUT2D eigenvalue weighted by Gasteiger charge is 2.15. The molecule has 170 valence electrons. The summed E-state index contributed by atoms with van der Waals surface area (Å²) in [4.78, 5) is 13.3. The van der Waals surface area contributed by atoms with Gasteiger partial charge in [0.05, 0.1) is 11.8 Å². The Morgan fingerprint density at radius 3 is 2.69 bits per heavy atom. The Morgan fingerprint density at radius 1 is 1.25 bits per heavy atom. The number of rotatable bonds is 10. The number of aryl methyl sites for hydroxylation is 1. The topological polar surface area (TPSA) is 97.1 Å². The van der Waals surface area contributed by atoms with Gasteiger partial charge in [0.15, 0.2) is 5.65 Å². The van der Waals surface area contributed by atoms with Crippen molar-refractivity contribution in [3.63, 3.8) is 0 Å². The molecule has 1 unspecified atom stereocenters. The van der Waals surface area contributed by atoms with Crippen LogP contribution in [0.15, 0.2) is 55.5 Å². The molecule has 1 aromatic carbocycles. The SMILES string of the molecule is C=C(C=CC)n1cnc2cnc(Nc3ccc(CCCNC(O)OC(C)(C)C)cc3)nc21. The van der Waals surface area contributed by atoms with Crippen LogP contribution < -0.4 is 10.6 Å². The summed E-state index contributed by atoms with van der Waals surface area (Å²) in [6, 6.07) is 8.15. The summed E-state index contributed by atoms with van der Waals surface area (Å²) in [5.41, 5.74) is 3.93. The molecular formula is C24H32N6O2. The van der Waals surface area contributed by atoms with E-state index in [1.807, 2.05) is 56.5 Å². The van der Waals surface area contributed by atoms with Crippen LogP contribution in [0.5, 0.6) is 0 Å². The van der Waals surface area contributed by atoms with Gasteiger partial charge in [0, 0.05) is 17.9 Å². The highest BCUT2D eigenvalue weighted by molar-refractivity contribution is 5.77. The Morgan fingerprint density at radius 2 is 2.00 bits per heavy atom. The first-order chi connectivity index (χ1) is 15.2. The minimum atomic E-state index is -0.953. The van der Waals surface area contributed by atoms with Crippen molar-refractivity contribution < 1.29 is 9.84 Å². The lowest BCUT2D eigenvalue weighted by atomic mass is 10.1. The van der Waals surface area contributed by atoms with E-state index in [9.17, 15) is 5.11 Å². The zero-order valence-electron chi connectivity index (χ0n) is 19.2. The number of allylic oxidation sites excluding steroid dienone is 3. The Labute approximate surface area is 189 Å². The molecule has 3 aromatic rings. The number of imidazole rings is 1. The molecule has 0 aliphatic rings. The predicted molar refractivity (Wildman–Crippen MR) is 128 cm³/mol. The fourth-order valence-corrected chi connectivity index (χ4v) is 3.13. The zero-order valence-corrected chi connectivity index (χ0v) is 19.2. The Kier molecular flexibility index (Phi) is 7.74. The fraction of sp³-hybridized carbons (Fsp3) is 0.375. The molecule has 0 fully saturated rings. The van der Waals surface area contributed by atoms with E-state index in [2.05, 4.69) is 44.3 Å². The third-order valence-electron chi connectivity index (χ3n) is 4.60. The maximum atomic E-state index is 9.82. The van der Waals surface area contributed by atoms with E-state index in [4.69, 9.17) is 4.74 Å². The van der Waals surface area contributed by atoms with Crippen LogP contribution >= 0.6 is 0 Å². The van der Waals surface area contributed by atoms with Crippen LogP contribution in [0.2, 0.25) is 0 Å². The molecule has 0 aliphatic carbocycles. The second kappa shape index (κ2) is 10.5. The van der Waals surface area contributed by atoms with E-state index in [1.165, 1.54) is 5.56 Å². The van der Waals surface area contributed by atoms with Gasteiger partial charge < -0.3 is 15.2 Å². The van der Waals surface area contributed by atoms with Crippen molar-refractivity contribution in [1.29, 1.82) is 0 Å². The van der Waals surface area contributed by atoms with Crippen LogP contribution in [-0.4, -0.2) is 43.2 Å². The number of aromatic nitrogens is 4. The van der Waals surface area contributed by atoms with E-state index < -0.39 is 6.41 Å². The smallest absolute Gasteiger partial charge is 0.229 e. The number of anilines is 2. The molecular weight excluding hydrogens is 404 g/mol. The van der Waals surface area contributed by atoms with Gasteiger partial charge in [0.1, 0.15) is 11.8 Å².